The molecule has 0 radical (unpaired) electrons. The largest absolute Gasteiger partial charge is 0.298 e. The van der Waals surface area contributed by atoms with Crippen molar-refractivity contribution in [1.82, 2.24) is 10.4 Å². The first-order chi connectivity index (χ1) is 6.81. The van der Waals surface area contributed by atoms with E-state index >= 15 is 0 Å². The van der Waals surface area contributed by atoms with Gasteiger partial charge in [-0.05, 0) is 11.7 Å². The Balaban J connectivity index is 4.56. The van der Waals surface area contributed by atoms with Crippen molar-refractivity contribution in [2.24, 2.45) is 5.41 Å². The number of rotatable bonds is 3. The summed E-state index contributed by atoms with van der Waals surface area (Å²) in [5.74, 6) is -0.0400. The second-order valence-corrected chi connectivity index (χ2v) is 5.71. The highest BCUT2D eigenvalue weighted by Crippen LogP contribution is 2.20. The summed E-state index contributed by atoms with van der Waals surface area (Å²) in [6, 6.07) is 0. The molecule has 0 atom stereocenters. The fraction of sp³-hybridized carbons (Fsp3) is 0.600. The molecule has 15 heavy (non-hydrogen) atoms. The smallest absolute Gasteiger partial charge is 0.247 e. The molecule has 0 saturated heterocycles. The summed E-state index contributed by atoms with van der Waals surface area (Å²) >= 11 is 6.42. The molecule has 0 aliphatic heterocycles. The van der Waals surface area contributed by atoms with Crippen molar-refractivity contribution in [2.75, 3.05) is 6.26 Å². The fourth-order valence-electron chi connectivity index (χ4n) is 0.942. The number of carbonyl (C=O) groups is 1. The molecule has 86 valence electrons. The Labute approximate surface area is 101 Å². The number of nitrogens with zero attached hydrogens (tertiary/aromatic N) is 1. The Morgan fingerprint density at radius 3 is 2.47 bits per heavy atom. The van der Waals surface area contributed by atoms with Crippen LogP contribution in [0.25, 0.3) is 0 Å². The first kappa shape index (κ1) is 14.5. The zero-order valence-corrected chi connectivity index (χ0v) is 11.3. The molecule has 0 spiro atoms. The van der Waals surface area contributed by atoms with Crippen LogP contribution in [0.2, 0.25) is 0 Å². The average molecular weight is 246 g/mol. The quantitative estimate of drug-likeness (QED) is 0.613. The van der Waals surface area contributed by atoms with Crippen LogP contribution in [0.1, 0.15) is 27.2 Å². The van der Waals surface area contributed by atoms with Crippen molar-refractivity contribution in [1.29, 1.82) is 0 Å². The molecule has 0 unspecified atom stereocenters. The third kappa shape index (κ3) is 5.79. The Bertz CT molecular complexity index is 259. The first-order valence-corrected chi connectivity index (χ1v) is 6.23. The van der Waals surface area contributed by atoms with Crippen LogP contribution in [-0.4, -0.2) is 21.5 Å². The molecule has 0 fully saturated rings. The Morgan fingerprint density at radius 2 is 2.13 bits per heavy atom. The molecule has 0 aromatic heterocycles. The van der Waals surface area contributed by atoms with Crippen molar-refractivity contribution >= 4 is 34.2 Å². The molecule has 3 nitrogen and oxygen atoms in total. The second kappa shape index (κ2) is 6.12. The van der Waals surface area contributed by atoms with Crippen molar-refractivity contribution in [3.05, 3.63) is 12.8 Å². The number of thiocarbonyl (C=S) groups is 1. The summed E-state index contributed by atoms with van der Waals surface area (Å²) in [6.45, 7) is 9.56. The molecule has 1 amide bonds. The van der Waals surface area contributed by atoms with E-state index in [1.807, 2.05) is 27.0 Å². The molecule has 1 N–H and O–H groups in total. The number of hydrazine groups is 1. The third-order valence-electron chi connectivity index (χ3n) is 1.51. The van der Waals surface area contributed by atoms with Crippen LogP contribution in [0.3, 0.4) is 0 Å². The van der Waals surface area contributed by atoms with Crippen molar-refractivity contribution in [3.8, 4) is 0 Å². The lowest BCUT2D eigenvalue weighted by Gasteiger charge is -2.25. The number of nitrogens with one attached hydrogen (secondary N) is 1. The number of hydrogen-bond acceptors (Lipinski definition) is 4. The third-order valence-corrected chi connectivity index (χ3v) is 2.72. The van der Waals surface area contributed by atoms with Gasteiger partial charge in [-0.3, -0.25) is 10.2 Å². The lowest BCUT2D eigenvalue weighted by molar-refractivity contribution is -0.130. The van der Waals surface area contributed by atoms with E-state index in [2.05, 4.69) is 12.0 Å². The Kier molecular flexibility index (Phi) is 5.90. The van der Waals surface area contributed by atoms with Gasteiger partial charge in [0.1, 0.15) is 0 Å². The highest BCUT2D eigenvalue weighted by atomic mass is 32.2. The van der Waals surface area contributed by atoms with Gasteiger partial charge in [-0.2, -0.15) is 0 Å². The zero-order chi connectivity index (χ0) is 12.1. The van der Waals surface area contributed by atoms with E-state index in [0.29, 0.717) is 10.7 Å². The summed E-state index contributed by atoms with van der Waals surface area (Å²) < 4.78 is 0.504. The van der Waals surface area contributed by atoms with Gasteiger partial charge in [-0.1, -0.05) is 51.3 Å². The molecule has 0 bridgehead atoms. The topological polar surface area (TPSA) is 32.3 Å². The predicted molar refractivity (Wildman–Crippen MR) is 70.4 cm³/mol. The Morgan fingerprint density at radius 1 is 1.60 bits per heavy atom. The lowest BCUT2D eigenvalue weighted by atomic mass is 9.92. The maximum atomic E-state index is 11.9. The van der Waals surface area contributed by atoms with Crippen LogP contribution < -0.4 is 5.43 Å². The molecular weight excluding hydrogens is 228 g/mol. The van der Waals surface area contributed by atoms with E-state index < -0.39 is 0 Å². The summed E-state index contributed by atoms with van der Waals surface area (Å²) in [5.41, 5.74) is 2.69. The number of hydrogen-bond donors (Lipinski definition) is 1. The number of thioether (sulfide) groups is 1. The molecule has 0 heterocycles. The number of carbonyl (C=O) groups excluding carboxylic acids is 1. The fourth-order valence-corrected chi connectivity index (χ4v) is 1.43. The summed E-state index contributed by atoms with van der Waals surface area (Å²) in [6.07, 6.45) is 3.72. The van der Waals surface area contributed by atoms with Crippen LogP contribution in [0, 0.1) is 5.41 Å². The maximum Gasteiger partial charge on any atom is 0.247 e. The molecule has 0 aliphatic rings. The standard InChI is InChI=1S/C10H18N2OS2/c1-6-11-12(9(14)15-5)8(13)7-10(2,3)4/h6,11H,1,7H2,2-5H3. The molecule has 0 rings (SSSR count). The van der Waals surface area contributed by atoms with Crippen LogP contribution in [0.15, 0.2) is 12.8 Å². The van der Waals surface area contributed by atoms with Gasteiger partial charge in [0.05, 0.1) is 0 Å². The van der Waals surface area contributed by atoms with Gasteiger partial charge in [0.15, 0.2) is 4.32 Å². The van der Waals surface area contributed by atoms with Gasteiger partial charge in [0, 0.05) is 12.6 Å². The van der Waals surface area contributed by atoms with Gasteiger partial charge in [0.2, 0.25) is 5.91 Å². The van der Waals surface area contributed by atoms with Crippen molar-refractivity contribution in [3.63, 3.8) is 0 Å². The second-order valence-electron chi connectivity index (χ2n) is 4.27. The molecular formula is C10H18N2OS2. The van der Waals surface area contributed by atoms with Crippen molar-refractivity contribution in [2.45, 2.75) is 27.2 Å². The predicted octanol–water partition coefficient (Wildman–Crippen LogP) is 2.55. The summed E-state index contributed by atoms with van der Waals surface area (Å²) in [5, 5.41) is 1.36. The van der Waals surface area contributed by atoms with Gasteiger partial charge in [0.25, 0.3) is 0 Å². The Hall–Kier alpha value is -0.550. The monoisotopic (exact) mass is 246 g/mol. The van der Waals surface area contributed by atoms with Crippen LogP contribution >= 0.6 is 24.0 Å². The maximum absolute atomic E-state index is 11.9. The van der Waals surface area contributed by atoms with Crippen LogP contribution in [-0.2, 0) is 4.79 Å². The minimum absolute atomic E-state index is 0.0400. The summed E-state index contributed by atoms with van der Waals surface area (Å²) in [7, 11) is 0. The summed E-state index contributed by atoms with van der Waals surface area (Å²) in [4.78, 5) is 11.9. The van der Waals surface area contributed by atoms with Gasteiger partial charge in [-0.15, -0.1) is 0 Å². The van der Waals surface area contributed by atoms with Gasteiger partial charge in [-0.25, -0.2) is 5.01 Å². The van der Waals surface area contributed by atoms with Gasteiger partial charge < -0.3 is 0 Å². The van der Waals surface area contributed by atoms with Crippen LogP contribution in [0.4, 0.5) is 0 Å². The molecule has 0 aromatic carbocycles. The van der Waals surface area contributed by atoms with Crippen molar-refractivity contribution < 1.29 is 4.79 Å². The van der Waals surface area contributed by atoms with Crippen LogP contribution in [0.5, 0.6) is 0 Å². The number of amides is 1. The lowest BCUT2D eigenvalue weighted by Crippen LogP contribution is -2.43. The molecule has 5 heteroatoms. The zero-order valence-electron chi connectivity index (χ0n) is 9.66. The van der Waals surface area contributed by atoms with E-state index in [1.54, 1.807) is 0 Å². The molecule has 0 aromatic rings. The SMILES string of the molecule is C=CNN(C(=O)CC(C)(C)C)C(=S)SC. The minimum atomic E-state index is -0.0494. The van der Waals surface area contributed by atoms with E-state index in [-0.39, 0.29) is 11.3 Å². The van der Waals surface area contributed by atoms with E-state index in [9.17, 15) is 4.79 Å². The first-order valence-electron chi connectivity index (χ1n) is 4.60. The van der Waals surface area contributed by atoms with E-state index in [4.69, 9.17) is 12.2 Å². The van der Waals surface area contributed by atoms with E-state index in [1.165, 1.54) is 23.0 Å². The van der Waals surface area contributed by atoms with E-state index in [0.717, 1.165) is 0 Å². The van der Waals surface area contributed by atoms with Gasteiger partial charge >= 0.3 is 0 Å². The molecule has 0 aliphatic carbocycles. The highest BCUT2D eigenvalue weighted by molar-refractivity contribution is 8.22. The minimum Gasteiger partial charge on any atom is -0.298 e. The molecule has 0 saturated carbocycles. The normalized spacial score (nSPS) is 10.7. The highest BCUT2D eigenvalue weighted by Gasteiger charge is 2.22. The average Bonchev–Trinajstić information content (AvgIpc) is 2.10.